The topological polar surface area (TPSA) is 12.0 Å². The van der Waals surface area contributed by atoms with Gasteiger partial charge in [0.05, 0.1) is 5.02 Å². The van der Waals surface area contributed by atoms with Crippen LogP contribution in [0.1, 0.15) is 38.2 Å². The first kappa shape index (κ1) is 13.3. The lowest BCUT2D eigenvalue weighted by atomic mass is 9.84. The van der Waals surface area contributed by atoms with E-state index in [0.29, 0.717) is 10.0 Å². The molecule has 1 aromatic rings. The molecule has 1 aromatic carbocycles. The van der Waals surface area contributed by atoms with Crippen molar-refractivity contribution in [2.45, 2.75) is 38.1 Å². The molecule has 2 rings (SSSR count). The lowest BCUT2D eigenvalue weighted by Gasteiger charge is -2.30. The molecule has 17 heavy (non-hydrogen) atoms. The fraction of sp³-hybridized carbons (Fsp3) is 0.538. The Balaban J connectivity index is 2.47. The molecule has 1 nitrogen and oxygen atoms in total. The summed E-state index contributed by atoms with van der Waals surface area (Å²) in [5, 5.41) is 3.65. The van der Waals surface area contributed by atoms with Gasteiger partial charge in [0.2, 0.25) is 0 Å². The van der Waals surface area contributed by atoms with Crippen molar-refractivity contribution >= 4 is 27.5 Å². The summed E-state index contributed by atoms with van der Waals surface area (Å²) in [6.07, 6.45) is 4.05. The average Bonchev–Trinajstić information content (AvgIpc) is 2.76. The molecule has 0 saturated carbocycles. The highest BCUT2D eigenvalue weighted by Gasteiger charge is 2.37. The molecule has 1 atom stereocenters. The van der Waals surface area contributed by atoms with Gasteiger partial charge in [0.1, 0.15) is 5.82 Å². The van der Waals surface area contributed by atoms with E-state index in [-0.39, 0.29) is 16.4 Å². The SMILES string of the molecule is CCCC1(c2ccc(Br)c(Cl)c2F)CCCN1. The normalized spacial score (nSPS) is 24.2. The first-order valence-electron chi connectivity index (χ1n) is 6.00. The third-order valence-electron chi connectivity index (χ3n) is 3.47. The zero-order valence-electron chi connectivity index (χ0n) is 9.82. The lowest BCUT2D eigenvalue weighted by Crippen LogP contribution is -2.37. The van der Waals surface area contributed by atoms with E-state index in [1.54, 1.807) is 0 Å². The highest BCUT2D eigenvalue weighted by Crippen LogP contribution is 2.40. The van der Waals surface area contributed by atoms with Gasteiger partial charge in [0.25, 0.3) is 0 Å². The van der Waals surface area contributed by atoms with Crippen molar-refractivity contribution in [1.29, 1.82) is 0 Å². The molecule has 0 amide bonds. The van der Waals surface area contributed by atoms with Crippen LogP contribution in [-0.2, 0) is 5.54 Å². The van der Waals surface area contributed by atoms with Gasteiger partial charge in [-0.3, -0.25) is 0 Å². The van der Waals surface area contributed by atoms with Crippen LogP contribution in [0.15, 0.2) is 16.6 Å². The van der Waals surface area contributed by atoms with Gasteiger partial charge in [-0.05, 0) is 47.8 Å². The van der Waals surface area contributed by atoms with E-state index in [1.807, 2.05) is 12.1 Å². The maximum atomic E-state index is 14.3. The molecular weight excluding hydrogens is 305 g/mol. The molecule has 0 spiro atoms. The molecule has 0 radical (unpaired) electrons. The largest absolute Gasteiger partial charge is 0.307 e. The third kappa shape index (κ3) is 2.38. The van der Waals surface area contributed by atoms with E-state index in [9.17, 15) is 4.39 Å². The van der Waals surface area contributed by atoms with E-state index in [1.165, 1.54) is 0 Å². The molecule has 1 heterocycles. The number of nitrogens with one attached hydrogen (secondary N) is 1. The van der Waals surface area contributed by atoms with Gasteiger partial charge < -0.3 is 5.32 Å². The molecule has 4 heteroatoms. The number of rotatable bonds is 3. The Morgan fingerprint density at radius 3 is 2.88 bits per heavy atom. The van der Waals surface area contributed by atoms with Crippen molar-refractivity contribution in [3.05, 3.63) is 33.0 Å². The minimum atomic E-state index is -0.288. The van der Waals surface area contributed by atoms with Crippen molar-refractivity contribution in [2.75, 3.05) is 6.54 Å². The molecule has 94 valence electrons. The first-order valence-corrected chi connectivity index (χ1v) is 7.17. The highest BCUT2D eigenvalue weighted by atomic mass is 79.9. The van der Waals surface area contributed by atoms with Gasteiger partial charge in [-0.1, -0.05) is 31.0 Å². The predicted molar refractivity (Wildman–Crippen MR) is 72.9 cm³/mol. The van der Waals surface area contributed by atoms with Gasteiger partial charge in [0.15, 0.2) is 0 Å². The lowest BCUT2D eigenvalue weighted by molar-refractivity contribution is 0.341. The first-order chi connectivity index (χ1) is 8.10. The standard InChI is InChI=1S/C13H16BrClFN/c1-2-6-13(7-3-8-17-13)9-4-5-10(14)11(15)12(9)16/h4-5,17H,2-3,6-8H2,1H3. The van der Waals surface area contributed by atoms with Crippen LogP contribution in [0.25, 0.3) is 0 Å². The minimum Gasteiger partial charge on any atom is -0.307 e. The van der Waals surface area contributed by atoms with E-state index in [4.69, 9.17) is 11.6 Å². The van der Waals surface area contributed by atoms with Gasteiger partial charge in [0, 0.05) is 15.6 Å². The fourth-order valence-electron chi connectivity index (χ4n) is 2.71. The summed E-state index contributed by atoms with van der Waals surface area (Å²) in [6, 6.07) is 3.68. The van der Waals surface area contributed by atoms with Crippen molar-refractivity contribution in [1.82, 2.24) is 5.32 Å². The molecule has 0 aliphatic carbocycles. The Hall–Kier alpha value is -0.120. The van der Waals surface area contributed by atoms with Gasteiger partial charge in [-0.25, -0.2) is 4.39 Å². The second kappa shape index (κ2) is 5.25. The predicted octanol–water partition coefficient (Wildman–Crippen LogP) is 4.62. The second-order valence-electron chi connectivity index (χ2n) is 4.59. The summed E-state index contributed by atoms with van der Waals surface area (Å²) in [5.74, 6) is -0.288. The van der Waals surface area contributed by atoms with E-state index >= 15 is 0 Å². The van der Waals surface area contributed by atoms with Crippen molar-refractivity contribution in [3.8, 4) is 0 Å². The van der Waals surface area contributed by atoms with Crippen molar-refractivity contribution in [2.24, 2.45) is 0 Å². The van der Waals surface area contributed by atoms with Crippen LogP contribution < -0.4 is 5.32 Å². The maximum absolute atomic E-state index is 14.3. The Bertz CT molecular complexity index is 416. The summed E-state index contributed by atoms with van der Waals surface area (Å²) < 4.78 is 14.9. The molecular formula is C13H16BrClFN. The van der Waals surface area contributed by atoms with Gasteiger partial charge in [-0.15, -0.1) is 0 Å². The van der Waals surface area contributed by atoms with Crippen molar-refractivity contribution in [3.63, 3.8) is 0 Å². The van der Waals surface area contributed by atoms with Crippen LogP contribution in [0.3, 0.4) is 0 Å². The van der Waals surface area contributed by atoms with Crippen LogP contribution in [0.2, 0.25) is 5.02 Å². The Morgan fingerprint density at radius 1 is 1.53 bits per heavy atom. The summed E-state index contributed by atoms with van der Waals surface area (Å²) in [5.41, 5.74) is 0.494. The highest BCUT2D eigenvalue weighted by molar-refractivity contribution is 9.10. The minimum absolute atomic E-state index is 0.187. The molecule has 1 aliphatic rings. The van der Waals surface area contributed by atoms with E-state index < -0.39 is 0 Å². The summed E-state index contributed by atoms with van der Waals surface area (Å²) in [7, 11) is 0. The summed E-state index contributed by atoms with van der Waals surface area (Å²) in [6.45, 7) is 3.08. The Labute approximate surface area is 115 Å². The van der Waals surface area contributed by atoms with Crippen LogP contribution in [-0.4, -0.2) is 6.54 Å². The molecule has 1 aliphatic heterocycles. The van der Waals surface area contributed by atoms with Gasteiger partial charge in [-0.2, -0.15) is 0 Å². The average molecular weight is 321 g/mol. The molecule has 1 saturated heterocycles. The molecule has 1 N–H and O–H groups in total. The zero-order valence-corrected chi connectivity index (χ0v) is 12.2. The van der Waals surface area contributed by atoms with E-state index in [2.05, 4.69) is 28.2 Å². The number of benzene rings is 1. The Morgan fingerprint density at radius 2 is 2.29 bits per heavy atom. The number of hydrogen-bond acceptors (Lipinski definition) is 1. The van der Waals surface area contributed by atoms with Crippen LogP contribution in [0.5, 0.6) is 0 Å². The summed E-state index contributed by atoms with van der Waals surface area (Å²) >= 11 is 9.23. The van der Waals surface area contributed by atoms with Gasteiger partial charge >= 0.3 is 0 Å². The zero-order chi connectivity index (χ0) is 12.5. The maximum Gasteiger partial charge on any atom is 0.147 e. The monoisotopic (exact) mass is 319 g/mol. The van der Waals surface area contributed by atoms with Crippen LogP contribution in [0.4, 0.5) is 4.39 Å². The third-order valence-corrected chi connectivity index (χ3v) is 4.73. The number of halogens is 3. The quantitative estimate of drug-likeness (QED) is 0.801. The van der Waals surface area contributed by atoms with Crippen LogP contribution >= 0.6 is 27.5 Å². The fourth-order valence-corrected chi connectivity index (χ4v) is 3.18. The van der Waals surface area contributed by atoms with Crippen molar-refractivity contribution < 1.29 is 4.39 Å². The van der Waals surface area contributed by atoms with Crippen LogP contribution in [0, 0.1) is 5.82 Å². The summed E-state index contributed by atoms with van der Waals surface area (Å²) in [4.78, 5) is 0. The molecule has 0 bridgehead atoms. The second-order valence-corrected chi connectivity index (χ2v) is 5.82. The van der Waals surface area contributed by atoms with E-state index in [0.717, 1.165) is 32.2 Å². The number of hydrogen-bond donors (Lipinski definition) is 1. The Kier molecular flexibility index (Phi) is 4.11. The molecule has 1 fully saturated rings. The molecule has 1 unspecified atom stereocenters. The molecule has 0 aromatic heterocycles. The smallest absolute Gasteiger partial charge is 0.147 e.